The molecule has 0 radical (unpaired) electrons. The number of carboxylic acids is 1. The van der Waals surface area contributed by atoms with Crippen LogP contribution in [0.25, 0.3) is 0 Å². The highest BCUT2D eigenvalue weighted by Gasteiger charge is 2.19. The van der Waals surface area contributed by atoms with E-state index in [4.69, 9.17) is 20.3 Å². The van der Waals surface area contributed by atoms with Gasteiger partial charge in [0, 0.05) is 12.5 Å². The average molecular weight is 332 g/mol. The smallest absolute Gasteiger partial charge is 0.303 e. The SMILES string of the molecule is COc1cc(C(N)CCC(=O)O)c(C)c(Br)c1OC. The first-order chi connectivity index (χ1) is 8.92. The van der Waals surface area contributed by atoms with Gasteiger partial charge in [-0.15, -0.1) is 0 Å². The molecule has 0 saturated heterocycles. The number of hydrogen-bond acceptors (Lipinski definition) is 4. The molecule has 0 aliphatic rings. The maximum Gasteiger partial charge on any atom is 0.303 e. The lowest BCUT2D eigenvalue weighted by Gasteiger charge is -2.19. The van der Waals surface area contributed by atoms with E-state index in [1.165, 1.54) is 0 Å². The van der Waals surface area contributed by atoms with Crippen molar-refractivity contribution >= 4 is 21.9 Å². The Hall–Kier alpha value is -1.27. The number of carboxylic acid groups (broad SMARTS) is 1. The van der Waals surface area contributed by atoms with E-state index >= 15 is 0 Å². The van der Waals surface area contributed by atoms with Gasteiger partial charge in [-0.25, -0.2) is 0 Å². The van der Waals surface area contributed by atoms with Crippen LogP contribution in [0.2, 0.25) is 0 Å². The Morgan fingerprint density at radius 3 is 2.58 bits per heavy atom. The van der Waals surface area contributed by atoms with Gasteiger partial charge < -0.3 is 20.3 Å². The molecule has 1 rings (SSSR count). The first-order valence-corrected chi connectivity index (χ1v) is 6.60. The summed E-state index contributed by atoms with van der Waals surface area (Å²) in [5.74, 6) is 0.322. The van der Waals surface area contributed by atoms with Gasteiger partial charge in [0.25, 0.3) is 0 Å². The molecule has 0 heterocycles. The Labute approximate surface area is 120 Å². The van der Waals surface area contributed by atoms with Crippen LogP contribution in [0, 0.1) is 6.92 Å². The fourth-order valence-electron chi connectivity index (χ4n) is 1.88. The average Bonchev–Trinajstić information content (AvgIpc) is 2.38. The summed E-state index contributed by atoms with van der Waals surface area (Å²) in [5.41, 5.74) is 7.83. The number of methoxy groups -OCH3 is 2. The van der Waals surface area contributed by atoms with Crippen LogP contribution < -0.4 is 15.2 Å². The fraction of sp³-hybridized carbons (Fsp3) is 0.462. The summed E-state index contributed by atoms with van der Waals surface area (Å²) in [6.07, 6.45) is 0.407. The molecule has 3 N–H and O–H groups in total. The first kappa shape index (κ1) is 15.8. The predicted molar refractivity (Wildman–Crippen MR) is 75.8 cm³/mol. The van der Waals surface area contributed by atoms with Crippen LogP contribution in [-0.4, -0.2) is 25.3 Å². The molecule has 19 heavy (non-hydrogen) atoms. The van der Waals surface area contributed by atoms with Gasteiger partial charge in [-0.1, -0.05) is 0 Å². The number of ether oxygens (including phenoxy) is 2. The molecule has 0 fully saturated rings. The van der Waals surface area contributed by atoms with E-state index in [1.807, 2.05) is 6.92 Å². The number of rotatable bonds is 6. The number of carbonyl (C=O) groups is 1. The largest absolute Gasteiger partial charge is 0.493 e. The fourth-order valence-corrected chi connectivity index (χ4v) is 2.47. The third kappa shape index (κ3) is 3.61. The molecule has 0 bridgehead atoms. The Kier molecular flexibility index (Phi) is 5.62. The molecule has 0 saturated carbocycles. The number of hydrogen-bond donors (Lipinski definition) is 2. The van der Waals surface area contributed by atoms with Crippen molar-refractivity contribution in [1.29, 1.82) is 0 Å². The maximum atomic E-state index is 10.6. The molecule has 0 aliphatic carbocycles. The summed E-state index contributed by atoms with van der Waals surface area (Å²) < 4.78 is 11.3. The molecule has 1 unspecified atom stereocenters. The van der Waals surface area contributed by atoms with Gasteiger partial charge in [0.2, 0.25) is 0 Å². The van der Waals surface area contributed by atoms with Gasteiger partial charge in [-0.3, -0.25) is 4.79 Å². The van der Waals surface area contributed by atoms with E-state index in [0.29, 0.717) is 17.9 Å². The zero-order valence-corrected chi connectivity index (χ0v) is 12.8. The molecular weight excluding hydrogens is 314 g/mol. The topological polar surface area (TPSA) is 81.8 Å². The number of benzene rings is 1. The number of nitrogens with two attached hydrogens (primary N) is 1. The second-order valence-electron chi connectivity index (χ2n) is 4.18. The summed E-state index contributed by atoms with van der Waals surface area (Å²) in [5, 5.41) is 8.71. The van der Waals surface area contributed by atoms with Crippen LogP contribution >= 0.6 is 15.9 Å². The second-order valence-corrected chi connectivity index (χ2v) is 4.97. The summed E-state index contributed by atoms with van der Waals surface area (Å²) in [7, 11) is 3.11. The van der Waals surface area contributed by atoms with Crippen molar-refractivity contribution in [3.8, 4) is 11.5 Å². The van der Waals surface area contributed by atoms with Crippen molar-refractivity contribution < 1.29 is 19.4 Å². The zero-order chi connectivity index (χ0) is 14.6. The van der Waals surface area contributed by atoms with Crippen molar-refractivity contribution in [2.24, 2.45) is 5.73 Å². The molecular formula is C13H18BrNO4. The van der Waals surface area contributed by atoms with E-state index in [1.54, 1.807) is 20.3 Å². The van der Waals surface area contributed by atoms with Gasteiger partial charge in [-0.05, 0) is 46.5 Å². The summed E-state index contributed by atoms with van der Waals surface area (Å²) >= 11 is 3.45. The van der Waals surface area contributed by atoms with Gasteiger partial charge in [0.15, 0.2) is 11.5 Å². The highest BCUT2D eigenvalue weighted by Crippen LogP contribution is 2.41. The van der Waals surface area contributed by atoms with Crippen molar-refractivity contribution in [3.63, 3.8) is 0 Å². The molecule has 0 amide bonds. The third-order valence-electron chi connectivity index (χ3n) is 2.96. The normalized spacial score (nSPS) is 12.1. The lowest BCUT2D eigenvalue weighted by molar-refractivity contribution is -0.137. The highest BCUT2D eigenvalue weighted by molar-refractivity contribution is 9.10. The monoisotopic (exact) mass is 331 g/mol. The standard InChI is InChI=1S/C13H18BrNO4/c1-7-8(9(15)4-5-11(16)17)6-10(18-2)13(19-3)12(7)14/h6,9H,4-5,15H2,1-3H3,(H,16,17). The van der Waals surface area contributed by atoms with Crippen LogP contribution in [-0.2, 0) is 4.79 Å². The van der Waals surface area contributed by atoms with Gasteiger partial charge in [0.1, 0.15) is 0 Å². The molecule has 0 aliphatic heterocycles. The van der Waals surface area contributed by atoms with Gasteiger partial charge >= 0.3 is 5.97 Å². The predicted octanol–water partition coefficient (Wildman–Crippen LogP) is 2.64. The molecule has 0 spiro atoms. The summed E-state index contributed by atoms with van der Waals surface area (Å²) in [6.45, 7) is 1.90. The minimum Gasteiger partial charge on any atom is -0.493 e. The molecule has 1 aromatic rings. The van der Waals surface area contributed by atoms with Crippen LogP contribution in [0.4, 0.5) is 0 Å². The van der Waals surface area contributed by atoms with Gasteiger partial charge in [0.05, 0.1) is 18.7 Å². The van der Waals surface area contributed by atoms with Crippen LogP contribution in [0.1, 0.15) is 30.0 Å². The molecule has 1 atom stereocenters. The van der Waals surface area contributed by atoms with Crippen molar-refractivity contribution in [3.05, 3.63) is 21.7 Å². The van der Waals surface area contributed by atoms with Crippen LogP contribution in [0.3, 0.4) is 0 Å². The zero-order valence-electron chi connectivity index (χ0n) is 11.2. The lowest BCUT2D eigenvalue weighted by Crippen LogP contribution is -2.14. The Morgan fingerprint density at radius 2 is 2.11 bits per heavy atom. The van der Waals surface area contributed by atoms with E-state index in [9.17, 15) is 4.79 Å². The van der Waals surface area contributed by atoms with E-state index in [0.717, 1.165) is 15.6 Å². The Morgan fingerprint density at radius 1 is 1.47 bits per heavy atom. The lowest BCUT2D eigenvalue weighted by atomic mass is 9.97. The van der Waals surface area contributed by atoms with Crippen LogP contribution in [0.5, 0.6) is 11.5 Å². The minimum absolute atomic E-state index is 0.0343. The molecule has 5 nitrogen and oxygen atoms in total. The van der Waals surface area contributed by atoms with Gasteiger partial charge in [-0.2, -0.15) is 0 Å². The summed E-state index contributed by atoms with van der Waals surface area (Å²) in [6, 6.07) is 1.44. The van der Waals surface area contributed by atoms with Crippen molar-refractivity contribution in [2.45, 2.75) is 25.8 Å². The minimum atomic E-state index is -0.854. The maximum absolute atomic E-state index is 10.6. The molecule has 1 aromatic carbocycles. The quantitative estimate of drug-likeness (QED) is 0.837. The highest BCUT2D eigenvalue weighted by atomic mass is 79.9. The van der Waals surface area contributed by atoms with E-state index in [2.05, 4.69) is 15.9 Å². The number of aliphatic carboxylic acids is 1. The Bertz CT molecular complexity index is 476. The van der Waals surface area contributed by atoms with E-state index in [-0.39, 0.29) is 12.5 Å². The second kappa shape index (κ2) is 6.77. The van der Waals surface area contributed by atoms with Crippen molar-refractivity contribution in [1.82, 2.24) is 0 Å². The number of halogens is 1. The summed E-state index contributed by atoms with van der Waals surface area (Å²) in [4.78, 5) is 10.6. The Balaban J connectivity index is 3.14. The third-order valence-corrected chi connectivity index (χ3v) is 3.92. The molecule has 106 valence electrons. The molecule has 0 aromatic heterocycles. The van der Waals surface area contributed by atoms with Crippen molar-refractivity contribution in [2.75, 3.05) is 14.2 Å². The molecule has 6 heteroatoms. The van der Waals surface area contributed by atoms with E-state index < -0.39 is 5.97 Å². The van der Waals surface area contributed by atoms with Crippen LogP contribution in [0.15, 0.2) is 10.5 Å². The first-order valence-electron chi connectivity index (χ1n) is 5.80.